The van der Waals surface area contributed by atoms with Crippen LogP contribution in [0, 0.1) is 0 Å². The number of rotatable bonds is 8. The van der Waals surface area contributed by atoms with Crippen molar-refractivity contribution in [3.63, 3.8) is 0 Å². The van der Waals surface area contributed by atoms with E-state index in [1.807, 2.05) is 13.0 Å². The molecule has 1 aromatic carbocycles. The molecule has 0 heterocycles. The van der Waals surface area contributed by atoms with Gasteiger partial charge in [-0.3, -0.25) is 4.79 Å². The first-order valence-electron chi connectivity index (χ1n) is 7.17. The largest absolute Gasteiger partial charge is 0.356 e. The molecule has 0 spiro atoms. The molecule has 2 unspecified atom stereocenters. The van der Waals surface area contributed by atoms with E-state index in [1.165, 1.54) is 5.56 Å². The third-order valence-electron chi connectivity index (χ3n) is 3.33. The third-order valence-corrected chi connectivity index (χ3v) is 3.33. The van der Waals surface area contributed by atoms with Gasteiger partial charge in [-0.2, -0.15) is 0 Å². The summed E-state index contributed by atoms with van der Waals surface area (Å²) in [6.07, 6.45) is 3.34. The van der Waals surface area contributed by atoms with Crippen molar-refractivity contribution in [1.82, 2.24) is 5.32 Å². The standard InChI is InChI=1S/C16H26N2O/c1-13(15-8-4-3-5-9-15)11-12-18-16(19)10-6-7-14(2)17/h3-5,8-9,13-14H,6-7,10-12,17H2,1-2H3,(H,18,19). The summed E-state index contributed by atoms with van der Waals surface area (Å²) in [7, 11) is 0. The van der Waals surface area contributed by atoms with E-state index < -0.39 is 0 Å². The van der Waals surface area contributed by atoms with Gasteiger partial charge in [0.2, 0.25) is 5.91 Å². The zero-order valence-corrected chi connectivity index (χ0v) is 12.1. The van der Waals surface area contributed by atoms with Crippen LogP contribution < -0.4 is 11.1 Å². The van der Waals surface area contributed by atoms with E-state index in [2.05, 4.69) is 36.5 Å². The second-order valence-electron chi connectivity index (χ2n) is 5.32. The summed E-state index contributed by atoms with van der Waals surface area (Å²) >= 11 is 0. The number of nitrogens with two attached hydrogens (primary N) is 1. The van der Waals surface area contributed by atoms with E-state index in [4.69, 9.17) is 5.73 Å². The summed E-state index contributed by atoms with van der Waals surface area (Å²) in [6.45, 7) is 4.91. The SMILES string of the molecule is CC(N)CCCC(=O)NCCC(C)c1ccccc1. The van der Waals surface area contributed by atoms with Gasteiger partial charge in [0.25, 0.3) is 0 Å². The third kappa shape index (κ3) is 6.97. The van der Waals surface area contributed by atoms with Gasteiger partial charge in [0.1, 0.15) is 0 Å². The summed E-state index contributed by atoms with van der Waals surface area (Å²) in [4.78, 5) is 11.6. The summed E-state index contributed by atoms with van der Waals surface area (Å²) in [6, 6.07) is 10.6. The lowest BCUT2D eigenvalue weighted by Gasteiger charge is -2.12. The summed E-state index contributed by atoms with van der Waals surface area (Å²) in [5.41, 5.74) is 6.98. The van der Waals surface area contributed by atoms with Gasteiger partial charge in [-0.05, 0) is 37.7 Å². The smallest absolute Gasteiger partial charge is 0.219 e. The summed E-state index contributed by atoms with van der Waals surface area (Å²) in [5.74, 6) is 0.617. The van der Waals surface area contributed by atoms with Crippen molar-refractivity contribution in [2.45, 2.75) is 51.5 Å². The summed E-state index contributed by atoms with van der Waals surface area (Å²) < 4.78 is 0. The highest BCUT2D eigenvalue weighted by Gasteiger charge is 2.06. The second kappa shape index (κ2) is 8.70. The number of carbonyl (C=O) groups is 1. The molecule has 0 fully saturated rings. The number of nitrogens with one attached hydrogen (secondary N) is 1. The highest BCUT2D eigenvalue weighted by Crippen LogP contribution is 2.17. The Balaban J connectivity index is 2.14. The first-order valence-corrected chi connectivity index (χ1v) is 7.17. The fraction of sp³-hybridized carbons (Fsp3) is 0.562. The Morgan fingerprint density at radius 3 is 2.53 bits per heavy atom. The Morgan fingerprint density at radius 1 is 1.21 bits per heavy atom. The molecule has 0 bridgehead atoms. The summed E-state index contributed by atoms with van der Waals surface area (Å²) in [5, 5.41) is 2.98. The highest BCUT2D eigenvalue weighted by molar-refractivity contribution is 5.75. The molecule has 0 aliphatic carbocycles. The fourth-order valence-electron chi connectivity index (χ4n) is 2.05. The molecule has 0 saturated heterocycles. The van der Waals surface area contributed by atoms with E-state index in [1.54, 1.807) is 0 Å². The van der Waals surface area contributed by atoms with Crippen molar-refractivity contribution < 1.29 is 4.79 Å². The van der Waals surface area contributed by atoms with Gasteiger partial charge in [-0.25, -0.2) is 0 Å². The zero-order chi connectivity index (χ0) is 14.1. The van der Waals surface area contributed by atoms with E-state index in [0.29, 0.717) is 12.3 Å². The van der Waals surface area contributed by atoms with Crippen LogP contribution in [0.25, 0.3) is 0 Å². The van der Waals surface area contributed by atoms with Crippen LogP contribution in [0.3, 0.4) is 0 Å². The molecular weight excluding hydrogens is 236 g/mol. The maximum Gasteiger partial charge on any atom is 0.219 e. The minimum atomic E-state index is 0.140. The van der Waals surface area contributed by atoms with Gasteiger partial charge in [0.15, 0.2) is 0 Å². The van der Waals surface area contributed by atoms with Crippen LogP contribution in [-0.4, -0.2) is 18.5 Å². The minimum Gasteiger partial charge on any atom is -0.356 e. The van der Waals surface area contributed by atoms with Gasteiger partial charge in [-0.1, -0.05) is 37.3 Å². The fourth-order valence-corrected chi connectivity index (χ4v) is 2.05. The molecule has 19 heavy (non-hydrogen) atoms. The molecule has 3 N–H and O–H groups in total. The number of benzene rings is 1. The van der Waals surface area contributed by atoms with E-state index in [0.717, 1.165) is 25.8 Å². The van der Waals surface area contributed by atoms with Crippen LogP contribution >= 0.6 is 0 Å². The molecule has 1 rings (SSSR count). The van der Waals surface area contributed by atoms with Crippen molar-refractivity contribution in [3.05, 3.63) is 35.9 Å². The molecule has 0 aliphatic heterocycles. The molecule has 2 atom stereocenters. The van der Waals surface area contributed by atoms with Gasteiger partial charge in [0.05, 0.1) is 0 Å². The lowest BCUT2D eigenvalue weighted by Crippen LogP contribution is -2.25. The lowest BCUT2D eigenvalue weighted by molar-refractivity contribution is -0.121. The van der Waals surface area contributed by atoms with Crippen LogP contribution in [0.4, 0.5) is 0 Å². The number of hydrogen-bond acceptors (Lipinski definition) is 2. The van der Waals surface area contributed by atoms with E-state index >= 15 is 0 Å². The highest BCUT2D eigenvalue weighted by atomic mass is 16.1. The maximum absolute atomic E-state index is 11.6. The number of amides is 1. The Hall–Kier alpha value is -1.35. The average molecular weight is 262 g/mol. The van der Waals surface area contributed by atoms with Crippen LogP contribution in [0.15, 0.2) is 30.3 Å². The van der Waals surface area contributed by atoms with Crippen LogP contribution in [0.1, 0.15) is 51.0 Å². The monoisotopic (exact) mass is 262 g/mol. The number of carbonyl (C=O) groups excluding carboxylic acids is 1. The predicted molar refractivity (Wildman–Crippen MR) is 80.0 cm³/mol. The first-order chi connectivity index (χ1) is 9.09. The molecule has 1 amide bonds. The molecule has 106 valence electrons. The van der Waals surface area contributed by atoms with Gasteiger partial charge in [-0.15, -0.1) is 0 Å². The van der Waals surface area contributed by atoms with Crippen molar-refractivity contribution in [2.75, 3.05) is 6.54 Å². The minimum absolute atomic E-state index is 0.140. The van der Waals surface area contributed by atoms with Crippen molar-refractivity contribution in [3.8, 4) is 0 Å². The first kappa shape index (κ1) is 15.7. The van der Waals surface area contributed by atoms with Crippen molar-refractivity contribution in [1.29, 1.82) is 0 Å². The van der Waals surface area contributed by atoms with Gasteiger partial charge < -0.3 is 11.1 Å². The van der Waals surface area contributed by atoms with Gasteiger partial charge >= 0.3 is 0 Å². The van der Waals surface area contributed by atoms with E-state index in [9.17, 15) is 4.79 Å². The zero-order valence-electron chi connectivity index (χ0n) is 12.1. The quantitative estimate of drug-likeness (QED) is 0.757. The molecule has 0 aromatic heterocycles. The Labute approximate surface area is 116 Å². The number of hydrogen-bond donors (Lipinski definition) is 2. The molecule has 1 aromatic rings. The van der Waals surface area contributed by atoms with Crippen molar-refractivity contribution in [2.24, 2.45) is 5.73 Å². The topological polar surface area (TPSA) is 55.1 Å². The molecule has 3 nitrogen and oxygen atoms in total. The van der Waals surface area contributed by atoms with Crippen LogP contribution in [0.5, 0.6) is 0 Å². The molecular formula is C16H26N2O. The van der Waals surface area contributed by atoms with E-state index in [-0.39, 0.29) is 11.9 Å². The Morgan fingerprint density at radius 2 is 1.89 bits per heavy atom. The Bertz CT molecular complexity index is 362. The molecule has 0 aliphatic rings. The Kier molecular flexibility index (Phi) is 7.19. The lowest BCUT2D eigenvalue weighted by atomic mass is 9.98. The molecule has 0 radical (unpaired) electrons. The van der Waals surface area contributed by atoms with Crippen LogP contribution in [-0.2, 0) is 4.79 Å². The van der Waals surface area contributed by atoms with Gasteiger partial charge in [0, 0.05) is 19.0 Å². The van der Waals surface area contributed by atoms with Crippen molar-refractivity contribution >= 4 is 5.91 Å². The molecule has 0 saturated carbocycles. The maximum atomic E-state index is 11.6. The predicted octanol–water partition coefficient (Wildman–Crippen LogP) is 2.81. The average Bonchev–Trinajstić information content (AvgIpc) is 2.39. The van der Waals surface area contributed by atoms with Crippen LogP contribution in [0.2, 0.25) is 0 Å². The normalized spacial score (nSPS) is 13.8. The molecule has 3 heteroatoms. The second-order valence-corrected chi connectivity index (χ2v) is 5.32.